The smallest absolute Gasteiger partial charge is 0.272 e. The zero-order chi connectivity index (χ0) is 16.5. The van der Waals surface area contributed by atoms with Crippen molar-refractivity contribution in [3.8, 4) is 0 Å². The van der Waals surface area contributed by atoms with E-state index in [0.29, 0.717) is 10.8 Å². The lowest BCUT2D eigenvalue weighted by atomic mass is 9.81. The Kier molecular flexibility index (Phi) is 4.09. The lowest BCUT2D eigenvalue weighted by Crippen LogP contribution is -2.46. The molecule has 0 atom stereocenters. The Morgan fingerprint density at radius 2 is 1.73 bits per heavy atom. The van der Waals surface area contributed by atoms with Gasteiger partial charge in [0.25, 0.3) is 11.5 Å². The Morgan fingerprint density at radius 3 is 2.32 bits per heavy atom. The van der Waals surface area contributed by atoms with Gasteiger partial charge in [-0.3, -0.25) is 9.59 Å². The minimum atomic E-state index is -0.367. The van der Waals surface area contributed by atoms with Gasteiger partial charge in [0.2, 0.25) is 0 Å². The first kappa shape index (κ1) is 16.2. The lowest BCUT2D eigenvalue weighted by molar-refractivity contribution is 0.0887. The van der Waals surface area contributed by atoms with Gasteiger partial charge in [0.05, 0.1) is 5.39 Å². The number of hydrogen-bond acceptors (Lipinski definition) is 3. The molecule has 0 saturated heterocycles. The summed E-state index contributed by atoms with van der Waals surface area (Å²) in [6.07, 6.45) is 0.826. The molecule has 22 heavy (non-hydrogen) atoms. The maximum Gasteiger partial charge on any atom is 0.272 e. The first-order valence-electron chi connectivity index (χ1n) is 7.39. The summed E-state index contributed by atoms with van der Waals surface area (Å²) < 4.78 is 0. The quantitative estimate of drug-likeness (QED) is 0.915. The summed E-state index contributed by atoms with van der Waals surface area (Å²) >= 11 is 0. The largest absolute Gasteiger partial charge is 0.346 e. The van der Waals surface area contributed by atoms with Crippen molar-refractivity contribution < 1.29 is 4.79 Å². The van der Waals surface area contributed by atoms with Crippen molar-refractivity contribution in [3.63, 3.8) is 0 Å². The van der Waals surface area contributed by atoms with E-state index in [1.807, 2.05) is 13.8 Å². The molecule has 5 nitrogen and oxygen atoms in total. The van der Waals surface area contributed by atoms with Gasteiger partial charge in [-0.1, -0.05) is 39.0 Å². The van der Waals surface area contributed by atoms with Crippen LogP contribution in [0.2, 0.25) is 0 Å². The Hall–Kier alpha value is -2.17. The third-order valence-electron chi connectivity index (χ3n) is 3.34. The molecular weight excluding hydrogens is 278 g/mol. The Labute approximate surface area is 130 Å². The topological polar surface area (TPSA) is 74.8 Å². The molecule has 0 bridgehead atoms. The number of rotatable bonds is 3. The van der Waals surface area contributed by atoms with Gasteiger partial charge >= 0.3 is 0 Å². The first-order valence-corrected chi connectivity index (χ1v) is 7.39. The normalized spacial score (nSPS) is 12.4. The average molecular weight is 301 g/mol. The van der Waals surface area contributed by atoms with Gasteiger partial charge in [-0.05, 0) is 31.7 Å². The molecular formula is C17H23N3O2. The fraction of sp³-hybridized carbons (Fsp3) is 0.471. The third kappa shape index (κ3) is 3.72. The van der Waals surface area contributed by atoms with Crippen LogP contribution in [0.4, 0.5) is 0 Å². The molecule has 1 aromatic carbocycles. The number of nitrogens with zero attached hydrogens (tertiary/aromatic N) is 1. The second kappa shape index (κ2) is 5.55. The number of hydrogen-bond donors (Lipinski definition) is 2. The highest BCUT2D eigenvalue weighted by Gasteiger charge is 2.28. The molecule has 1 amide bonds. The van der Waals surface area contributed by atoms with Gasteiger partial charge in [-0.15, -0.1) is 0 Å². The molecule has 1 heterocycles. The van der Waals surface area contributed by atoms with Crippen molar-refractivity contribution in [2.24, 2.45) is 5.41 Å². The average Bonchev–Trinajstić information content (AvgIpc) is 2.35. The molecule has 118 valence electrons. The minimum absolute atomic E-state index is 0.0945. The fourth-order valence-corrected chi connectivity index (χ4v) is 3.02. The molecule has 0 radical (unpaired) electrons. The molecule has 2 aromatic rings. The maximum atomic E-state index is 12.6. The van der Waals surface area contributed by atoms with Gasteiger partial charge < -0.3 is 5.32 Å². The van der Waals surface area contributed by atoms with Crippen molar-refractivity contribution in [3.05, 3.63) is 40.3 Å². The molecule has 0 fully saturated rings. The van der Waals surface area contributed by atoms with Crippen LogP contribution >= 0.6 is 0 Å². The van der Waals surface area contributed by atoms with Crippen LogP contribution in [0, 0.1) is 5.41 Å². The van der Waals surface area contributed by atoms with E-state index < -0.39 is 0 Å². The van der Waals surface area contributed by atoms with Crippen LogP contribution in [0.3, 0.4) is 0 Å². The van der Waals surface area contributed by atoms with Gasteiger partial charge in [0, 0.05) is 10.9 Å². The van der Waals surface area contributed by atoms with E-state index >= 15 is 0 Å². The molecule has 2 N–H and O–H groups in total. The molecule has 2 rings (SSSR count). The summed E-state index contributed by atoms with van der Waals surface area (Å²) in [5.41, 5.74) is -0.316. The number of benzene rings is 1. The van der Waals surface area contributed by atoms with E-state index in [0.717, 1.165) is 6.42 Å². The van der Waals surface area contributed by atoms with Crippen molar-refractivity contribution in [1.29, 1.82) is 0 Å². The standard InChI is InChI=1S/C17H23N3O2/c1-16(2,3)10-17(4,5)18-15(22)13-11-8-6-7-9-12(11)14(21)20-19-13/h6-9H,10H2,1-5H3,(H,18,22)(H,20,21). The number of H-pyrrole nitrogens is 1. The number of aromatic nitrogens is 2. The van der Waals surface area contributed by atoms with Crippen LogP contribution < -0.4 is 10.9 Å². The predicted molar refractivity (Wildman–Crippen MR) is 88.0 cm³/mol. The highest BCUT2D eigenvalue weighted by molar-refractivity contribution is 6.04. The summed E-state index contributed by atoms with van der Waals surface area (Å²) in [7, 11) is 0. The Bertz CT molecular complexity index is 754. The molecule has 0 unspecified atom stereocenters. The van der Waals surface area contributed by atoms with E-state index in [1.165, 1.54) is 0 Å². The minimum Gasteiger partial charge on any atom is -0.346 e. The third-order valence-corrected chi connectivity index (χ3v) is 3.34. The zero-order valence-electron chi connectivity index (χ0n) is 13.8. The molecule has 0 aliphatic carbocycles. The molecule has 0 saturated carbocycles. The van der Waals surface area contributed by atoms with Crippen molar-refractivity contribution in [1.82, 2.24) is 15.5 Å². The summed E-state index contributed by atoms with van der Waals surface area (Å²) in [5, 5.41) is 10.4. The molecule has 1 aromatic heterocycles. The van der Waals surface area contributed by atoms with Crippen LogP contribution in [-0.4, -0.2) is 21.6 Å². The van der Waals surface area contributed by atoms with Gasteiger partial charge in [-0.2, -0.15) is 5.10 Å². The summed E-state index contributed by atoms with van der Waals surface area (Å²) in [4.78, 5) is 24.4. The Balaban J connectivity index is 2.35. The molecule has 5 heteroatoms. The van der Waals surface area contributed by atoms with E-state index in [-0.39, 0.29) is 28.1 Å². The summed E-state index contributed by atoms with van der Waals surface area (Å²) in [6, 6.07) is 6.99. The van der Waals surface area contributed by atoms with E-state index in [4.69, 9.17) is 0 Å². The van der Waals surface area contributed by atoms with Gasteiger partial charge in [0.15, 0.2) is 5.69 Å². The van der Waals surface area contributed by atoms with E-state index in [1.54, 1.807) is 24.3 Å². The maximum absolute atomic E-state index is 12.6. The summed E-state index contributed by atoms with van der Waals surface area (Å²) in [5.74, 6) is -0.276. The van der Waals surface area contributed by atoms with Crippen LogP contribution in [0.5, 0.6) is 0 Å². The second-order valence-corrected chi connectivity index (χ2v) is 7.52. The fourth-order valence-electron chi connectivity index (χ4n) is 3.02. The van der Waals surface area contributed by atoms with Crippen LogP contribution in [0.25, 0.3) is 10.8 Å². The number of fused-ring (bicyclic) bond motifs is 1. The van der Waals surface area contributed by atoms with Gasteiger partial charge in [-0.25, -0.2) is 5.10 Å². The number of carbonyl (C=O) groups excluding carboxylic acids is 1. The zero-order valence-corrected chi connectivity index (χ0v) is 13.8. The molecule has 0 aliphatic heterocycles. The van der Waals surface area contributed by atoms with Crippen molar-refractivity contribution in [2.45, 2.75) is 46.6 Å². The van der Waals surface area contributed by atoms with E-state index in [2.05, 4.69) is 36.3 Å². The van der Waals surface area contributed by atoms with Crippen LogP contribution in [0.1, 0.15) is 51.5 Å². The highest BCUT2D eigenvalue weighted by atomic mass is 16.2. The van der Waals surface area contributed by atoms with E-state index in [9.17, 15) is 9.59 Å². The van der Waals surface area contributed by atoms with Gasteiger partial charge in [0.1, 0.15) is 0 Å². The molecule has 0 spiro atoms. The highest BCUT2D eigenvalue weighted by Crippen LogP contribution is 2.27. The number of nitrogens with one attached hydrogen (secondary N) is 2. The van der Waals surface area contributed by atoms with Crippen LogP contribution in [0.15, 0.2) is 29.1 Å². The number of amides is 1. The Morgan fingerprint density at radius 1 is 1.14 bits per heavy atom. The van der Waals surface area contributed by atoms with Crippen molar-refractivity contribution >= 4 is 16.7 Å². The monoisotopic (exact) mass is 301 g/mol. The molecule has 0 aliphatic rings. The summed E-state index contributed by atoms with van der Waals surface area (Å²) in [6.45, 7) is 10.4. The van der Waals surface area contributed by atoms with Crippen molar-refractivity contribution in [2.75, 3.05) is 0 Å². The lowest BCUT2D eigenvalue weighted by Gasteiger charge is -2.33. The SMILES string of the molecule is CC(C)(C)CC(C)(C)NC(=O)c1n[nH]c(=O)c2ccccc12. The number of aromatic amines is 1. The first-order chi connectivity index (χ1) is 10.1. The number of carbonyl (C=O) groups is 1. The van der Waals surface area contributed by atoms with Crippen LogP contribution in [-0.2, 0) is 0 Å². The predicted octanol–water partition coefficient (Wildman–Crippen LogP) is 2.87. The second-order valence-electron chi connectivity index (χ2n) is 7.52.